The van der Waals surface area contributed by atoms with Crippen molar-refractivity contribution < 1.29 is 9.53 Å². The normalized spacial score (nSPS) is 11.9. The number of hydrogen-bond acceptors (Lipinski definition) is 4. The molecule has 0 spiro atoms. The first kappa shape index (κ1) is 22.0. The highest BCUT2D eigenvalue weighted by molar-refractivity contribution is 7.09. The van der Waals surface area contributed by atoms with E-state index in [1.807, 2.05) is 53.6 Å². The zero-order chi connectivity index (χ0) is 21.7. The summed E-state index contributed by atoms with van der Waals surface area (Å²) in [6.07, 6.45) is 0.893. The molecule has 0 aliphatic carbocycles. The molecule has 0 aliphatic rings. The first-order valence-corrected chi connectivity index (χ1v) is 11.3. The highest BCUT2D eigenvalue weighted by atomic mass is 32.1. The number of amides is 1. The summed E-state index contributed by atoms with van der Waals surface area (Å²) in [7, 11) is 0. The van der Waals surface area contributed by atoms with E-state index < -0.39 is 0 Å². The van der Waals surface area contributed by atoms with Crippen LogP contribution < -0.4 is 4.74 Å². The van der Waals surface area contributed by atoms with Gasteiger partial charge >= 0.3 is 0 Å². The van der Waals surface area contributed by atoms with Gasteiger partial charge in [0.1, 0.15) is 17.4 Å². The van der Waals surface area contributed by atoms with Gasteiger partial charge < -0.3 is 9.64 Å². The van der Waals surface area contributed by atoms with Crippen LogP contribution in [0.15, 0.2) is 47.8 Å². The lowest BCUT2D eigenvalue weighted by molar-refractivity contribution is 0.0669. The largest absolute Gasteiger partial charge is 0.486 e. The third-order valence-electron chi connectivity index (χ3n) is 5.14. The van der Waals surface area contributed by atoms with Gasteiger partial charge in [0.25, 0.3) is 5.91 Å². The Kier molecular flexibility index (Phi) is 7.27. The van der Waals surface area contributed by atoms with Gasteiger partial charge in [-0.05, 0) is 69.5 Å². The topological polar surface area (TPSA) is 42.4 Å². The number of benzene rings is 2. The molecule has 1 aromatic heterocycles. The molecule has 0 saturated carbocycles. The Labute approximate surface area is 183 Å². The molecule has 1 heterocycles. The van der Waals surface area contributed by atoms with Crippen molar-refractivity contribution >= 4 is 17.2 Å². The fraction of sp³-hybridized carbons (Fsp3) is 0.360. The van der Waals surface area contributed by atoms with Crippen molar-refractivity contribution in [1.29, 1.82) is 0 Å². The van der Waals surface area contributed by atoms with E-state index in [1.54, 1.807) is 11.3 Å². The predicted octanol–water partition coefficient (Wildman–Crippen LogP) is 6.09. The first-order chi connectivity index (χ1) is 14.4. The van der Waals surface area contributed by atoms with E-state index >= 15 is 0 Å². The van der Waals surface area contributed by atoms with E-state index in [0.717, 1.165) is 34.0 Å². The van der Waals surface area contributed by atoms with Gasteiger partial charge in [-0.25, -0.2) is 4.98 Å². The van der Waals surface area contributed by atoms with E-state index in [2.05, 4.69) is 33.8 Å². The lowest BCUT2D eigenvalue weighted by atomic mass is 10.1. The van der Waals surface area contributed by atoms with Crippen molar-refractivity contribution in [2.45, 2.75) is 60.2 Å². The Morgan fingerprint density at radius 1 is 1.10 bits per heavy atom. The molecule has 1 amide bonds. The summed E-state index contributed by atoms with van der Waals surface area (Å²) in [6.45, 7) is 11.3. The van der Waals surface area contributed by atoms with Crippen LogP contribution in [0.3, 0.4) is 0 Å². The lowest BCUT2D eigenvalue weighted by Crippen LogP contribution is -2.38. The van der Waals surface area contributed by atoms with Gasteiger partial charge in [0.05, 0.1) is 12.2 Å². The fourth-order valence-electron chi connectivity index (χ4n) is 3.42. The number of aryl methyl sites for hydroxylation is 3. The Morgan fingerprint density at radius 3 is 2.50 bits per heavy atom. The van der Waals surface area contributed by atoms with Crippen molar-refractivity contribution in [3.8, 4) is 5.75 Å². The van der Waals surface area contributed by atoms with Gasteiger partial charge in [-0.3, -0.25) is 4.79 Å². The van der Waals surface area contributed by atoms with Gasteiger partial charge in [0.15, 0.2) is 0 Å². The monoisotopic (exact) mass is 422 g/mol. The second-order valence-corrected chi connectivity index (χ2v) is 8.85. The second kappa shape index (κ2) is 9.90. The molecule has 0 radical (unpaired) electrons. The number of carbonyl (C=O) groups is 1. The molecule has 30 heavy (non-hydrogen) atoms. The summed E-state index contributed by atoms with van der Waals surface area (Å²) in [5.74, 6) is 0.911. The number of rotatable bonds is 8. The molecule has 0 aliphatic heterocycles. The van der Waals surface area contributed by atoms with Crippen molar-refractivity contribution in [1.82, 2.24) is 9.88 Å². The highest BCUT2D eigenvalue weighted by Crippen LogP contribution is 2.21. The van der Waals surface area contributed by atoms with Gasteiger partial charge in [0.2, 0.25) is 0 Å². The molecule has 3 aromatic rings. The smallest absolute Gasteiger partial charge is 0.254 e. The van der Waals surface area contributed by atoms with Crippen LogP contribution in [0.5, 0.6) is 5.75 Å². The summed E-state index contributed by atoms with van der Waals surface area (Å²) in [5, 5.41) is 2.94. The minimum absolute atomic E-state index is 0.0501. The molecular weight excluding hydrogens is 392 g/mol. The van der Waals surface area contributed by atoms with Crippen molar-refractivity contribution in [3.05, 3.63) is 80.8 Å². The molecule has 0 N–H and O–H groups in total. The Morgan fingerprint density at radius 2 is 1.83 bits per heavy atom. The van der Waals surface area contributed by atoms with E-state index in [4.69, 9.17) is 9.72 Å². The number of aromatic nitrogens is 1. The van der Waals surface area contributed by atoms with Crippen LogP contribution in [0.2, 0.25) is 0 Å². The van der Waals surface area contributed by atoms with Gasteiger partial charge in [0, 0.05) is 17.0 Å². The minimum Gasteiger partial charge on any atom is -0.486 e. The average molecular weight is 423 g/mol. The molecule has 5 heteroatoms. The number of nitrogens with zero attached hydrogens (tertiary/aromatic N) is 2. The molecule has 0 saturated heterocycles. The molecule has 4 nitrogen and oxygen atoms in total. The maximum absolute atomic E-state index is 13.2. The number of ether oxygens (including phenoxy) is 1. The lowest BCUT2D eigenvalue weighted by Gasteiger charge is -2.28. The SMILES string of the molecule is CC[C@H](C)N(Cc1csc(COc2cc(C)cc(C)c2)n1)C(=O)c1cccc(C)c1. The second-order valence-electron chi connectivity index (χ2n) is 7.90. The Balaban J connectivity index is 1.70. The van der Waals surface area contributed by atoms with Crippen molar-refractivity contribution in [2.24, 2.45) is 0 Å². The van der Waals surface area contributed by atoms with Crippen LogP contribution in [-0.2, 0) is 13.2 Å². The number of thiazole rings is 1. The summed E-state index contributed by atoms with van der Waals surface area (Å²) in [6, 6.07) is 14.1. The van der Waals surface area contributed by atoms with E-state index in [1.165, 1.54) is 11.1 Å². The standard InChI is InChI=1S/C25H30N2O2S/c1-6-20(5)27(25(28)21-9-7-8-17(2)11-21)14-22-16-30-24(26-22)15-29-23-12-18(3)10-19(4)13-23/h7-13,16,20H,6,14-15H2,1-5H3/t20-/m0/s1. The molecule has 0 unspecified atom stereocenters. The zero-order valence-corrected chi connectivity index (χ0v) is 19.3. The van der Waals surface area contributed by atoms with E-state index in [-0.39, 0.29) is 11.9 Å². The first-order valence-electron chi connectivity index (χ1n) is 10.4. The maximum atomic E-state index is 13.2. The van der Waals surface area contributed by atoms with E-state index in [9.17, 15) is 4.79 Å². The van der Waals surface area contributed by atoms with Crippen LogP contribution in [0, 0.1) is 20.8 Å². The zero-order valence-electron chi connectivity index (χ0n) is 18.4. The molecular formula is C25H30N2O2S. The molecule has 0 bridgehead atoms. The average Bonchev–Trinajstić information content (AvgIpc) is 3.16. The molecule has 2 aromatic carbocycles. The fourth-order valence-corrected chi connectivity index (χ4v) is 4.11. The molecule has 1 atom stereocenters. The quantitative estimate of drug-likeness (QED) is 0.441. The van der Waals surface area contributed by atoms with Crippen molar-refractivity contribution in [2.75, 3.05) is 0 Å². The third-order valence-corrected chi connectivity index (χ3v) is 6.01. The molecule has 3 rings (SSSR count). The minimum atomic E-state index is 0.0501. The number of carbonyl (C=O) groups excluding carboxylic acids is 1. The summed E-state index contributed by atoms with van der Waals surface area (Å²) < 4.78 is 5.94. The van der Waals surface area contributed by atoms with Gasteiger partial charge in [-0.15, -0.1) is 11.3 Å². The van der Waals surface area contributed by atoms with Crippen LogP contribution in [0.4, 0.5) is 0 Å². The third kappa shape index (κ3) is 5.70. The molecule has 0 fully saturated rings. The summed E-state index contributed by atoms with van der Waals surface area (Å²) in [5.41, 5.74) is 5.08. The molecule has 158 valence electrons. The predicted molar refractivity (Wildman–Crippen MR) is 123 cm³/mol. The van der Waals surface area contributed by atoms with Gasteiger partial charge in [-0.2, -0.15) is 0 Å². The summed E-state index contributed by atoms with van der Waals surface area (Å²) >= 11 is 1.57. The number of hydrogen-bond donors (Lipinski definition) is 0. The van der Waals surface area contributed by atoms with Crippen LogP contribution >= 0.6 is 11.3 Å². The van der Waals surface area contributed by atoms with Crippen molar-refractivity contribution in [3.63, 3.8) is 0 Å². The Hall–Kier alpha value is -2.66. The highest BCUT2D eigenvalue weighted by Gasteiger charge is 2.22. The summed E-state index contributed by atoms with van der Waals surface area (Å²) in [4.78, 5) is 19.8. The van der Waals surface area contributed by atoms with Gasteiger partial charge in [-0.1, -0.05) is 30.7 Å². The maximum Gasteiger partial charge on any atom is 0.254 e. The van der Waals surface area contributed by atoms with Crippen LogP contribution in [0.1, 0.15) is 58.0 Å². The van der Waals surface area contributed by atoms with Crippen LogP contribution in [-0.4, -0.2) is 21.8 Å². The van der Waals surface area contributed by atoms with Crippen LogP contribution in [0.25, 0.3) is 0 Å². The Bertz CT molecular complexity index is 992. The van der Waals surface area contributed by atoms with E-state index in [0.29, 0.717) is 13.2 Å².